The Hall–Kier alpha value is -0.381. The number of rotatable bonds is 4. The Morgan fingerprint density at radius 3 is 2.80 bits per heavy atom. The van der Waals surface area contributed by atoms with Crippen molar-refractivity contribution in [1.82, 2.24) is 0 Å². The van der Waals surface area contributed by atoms with Gasteiger partial charge in [0.2, 0.25) is 0 Å². The van der Waals surface area contributed by atoms with Crippen molar-refractivity contribution in [2.75, 3.05) is 6.61 Å². The van der Waals surface area contributed by atoms with Crippen molar-refractivity contribution in [3.63, 3.8) is 0 Å². The summed E-state index contributed by atoms with van der Waals surface area (Å²) >= 11 is 0.308. The van der Waals surface area contributed by atoms with Gasteiger partial charge in [0.25, 0.3) is 0 Å². The van der Waals surface area contributed by atoms with Gasteiger partial charge in [0.1, 0.15) is 0 Å². The van der Waals surface area contributed by atoms with Gasteiger partial charge in [0, 0.05) is 0 Å². The van der Waals surface area contributed by atoms with Crippen LogP contribution in [0.15, 0.2) is 30.3 Å². The Kier molecular flexibility index (Phi) is 5.02. The Balaban J connectivity index is 1.62. The maximum absolute atomic E-state index is 12.0. The van der Waals surface area contributed by atoms with Gasteiger partial charge in [-0.2, -0.15) is 0 Å². The van der Waals surface area contributed by atoms with E-state index in [1.807, 2.05) is 6.92 Å². The molecule has 1 aromatic carbocycles. The van der Waals surface area contributed by atoms with Gasteiger partial charge in [0.15, 0.2) is 0 Å². The average molecular weight is 409 g/mol. The molecule has 4 rings (SSSR count). The van der Waals surface area contributed by atoms with Crippen LogP contribution >= 0.6 is 0 Å². The third-order valence-corrected chi connectivity index (χ3v) is 10.0. The molecule has 0 radical (unpaired) electrons. The van der Waals surface area contributed by atoms with Crippen molar-refractivity contribution in [3.05, 3.63) is 30.3 Å². The van der Waals surface area contributed by atoms with E-state index in [-0.39, 0.29) is 17.8 Å². The molecule has 6 atom stereocenters. The first-order valence-corrected chi connectivity index (χ1v) is 11.6. The number of aliphatic hydroxyl groups is 1. The topological polar surface area (TPSA) is 38.7 Å². The Morgan fingerprint density at radius 1 is 1.24 bits per heavy atom. The van der Waals surface area contributed by atoms with E-state index in [1.54, 1.807) is 0 Å². The van der Waals surface area contributed by atoms with Crippen molar-refractivity contribution in [1.29, 1.82) is 0 Å². The molecule has 138 valence electrons. The fourth-order valence-corrected chi connectivity index (χ4v) is 8.65. The first kappa shape index (κ1) is 18.0. The third-order valence-electron chi connectivity index (χ3n) is 6.95. The molecule has 1 aliphatic heterocycles. The van der Waals surface area contributed by atoms with E-state index in [1.165, 1.54) is 10.9 Å². The van der Waals surface area contributed by atoms with Crippen LogP contribution in [0.4, 0.5) is 0 Å². The van der Waals surface area contributed by atoms with E-state index in [0.717, 1.165) is 32.1 Å². The van der Waals surface area contributed by atoms with Crippen molar-refractivity contribution < 1.29 is 14.6 Å². The van der Waals surface area contributed by atoms with Crippen LogP contribution in [-0.4, -0.2) is 44.7 Å². The monoisotopic (exact) mass is 410 g/mol. The fourth-order valence-electron chi connectivity index (χ4n) is 5.58. The zero-order valence-corrected chi connectivity index (χ0v) is 17.0. The average Bonchev–Trinajstić information content (AvgIpc) is 2.60. The number of ether oxygens (including phenoxy) is 2. The van der Waals surface area contributed by atoms with E-state index in [4.69, 9.17) is 9.47 Å². The van der Waals surface area contributed by atoms with Gasteiger partial charge in [-0.25, -0.2) is 0 Å². The van der Waals surface area contributed by atoms with Gasteiger partial charge in [-0.3, -0.25) is 0 Å². The van der Waals surface area contributed by atoms with Crippen LogP contribution in [0.2, 0.25) is 4.82 Å². The van der Waals surface area contributed by atoms with Gasteiger partial charge in [-0.1, -0.05) is 0 Å². The number of benzene rings is 1. The quantitative estimate of drug-likeness (QED) is 0.776. The summed E-state index contributed by atoms with van der Waals surface area (Å²) in [7, 11) is 0. The van der Waals surface area contributed by atoms with E-state index in [0.29, 0.717) is 32.3 Å². The van der Waals surface area contributed by atoms with E-state index in [2.05, 4.69) is 37.3 Å². The summed E-state index contributed by atoms with van der Waals surface area (Å²) in [5.74, 6) is 0.510. The minimum atomic E-state index is -0.591. The summed E-state index contributed by atoms with van der Waals surface area (Å²) in [6.45, 7) is 5.05. The standard InChI is InChI=1S/C21H30O3Se/c1-3-23-19-14-15-11-12-18(25-16-8-5-4-6-9-16)21(22)13-7-10-17(24-19)20(15,21)2/h4-6,8-9,15,17-19,22H,3,7,10-14H2,1-2H3/t15-,17-,18+,19+,20-,21-/m1/s1. The van der Waals surface area contributed by atoms with Gasteiger partial charge < -0.3 is 0 Å². The van der Waals surface area contributed by atoms with Crippen molar-refractivity contribution in [2.24, 2.45) is 11.3 Å². The van der Waals surface area contributed by atoms with E-state index < -0.39 is 5.60 Å². The predicted octanol–water partition coefficient (Wildman–Crippen LogP) is 3.29. The summed E-state index contributed by atoms with van der Waals surface area (Å²) in [5.41, 5.74) is -0.718. The molecule has 0 spiro atoms. The molecular weight excluding hydrogens is 379 g/mol. The van der Waals surface area contributed by atoms with E-state index in [9.17, 15) is 5.11 Å². The molecule has 4 heteroatoms. The van der Waals surface area contributed by atoms with Crippen LogP contribution in [0, 0.1) is 11.3 Å². The molecule has 0 amide bonds. The second kappa shape index (κ2) is 6.98. The molecule has 0 bridgehead atoms. The van der Waals surface area contributed by atoms with Gasteiger partial charge >= 0.3 is 157 Å². The first-order chi connectivity index (χ1) is 12.1. The van der Waals surface area contributed by atoms with Crippen LogP contribution in [0.1, 0.15) is 52.4 Å². The van der Waals surface area contributed by atoms with E-state index >= 15 is 0 Å². The number of hydrogen-bond donors (Lipinski definition) is 1. The van der Waals surface area contributed by atoms with Crippen LogP contribution < -0.4 is 4.46 Å². The molecule has 1 heterocycles. The van der Waals surface area contributed by atoms with Crippen molar-refractivity contribution in [2.45, 2.75) is 75.2 Å². The van der Waals surface area contributed by atoms with Crippen molar-refractivity contribution in [3.8, 4) is 0 Å². The second-order valence-electron chi connectivity index (χ2n) is 8.04. The van der Waals surface area contributed by atoms with Crippen LogP contribution in [-0.2, 0) is 9.47 Å². The molecule has 0 unspecified atom stereocenters. The molecular formula is C21H30O3Se. The van der Waals surface area contributed by atoms with Gasteiger partial charge in [0.05, 0.1) is 0 Å². The summed E-state index contributed by atoms with van der Waals surface area (Å²) in [5, 5.41) is 12.0. The Morgan fingerprint density at radius 2 is 2.04 bits per heavy atom. The molecule has 2 saturated carbocycles. The van der Waals surface area contributed by atoms with Crippen molar-refractivity contribution >= 4 is 19.4 Å². The zero-order valence-electron chi connectivity index (χ0n) is 15.3. The SMILES string of the molecule is CCO[C@@H]1C[C@H]2CC[C@H]([Se]c3ccccc3)[C@]3(O)CCC[C@@H](O1)[C@@]23C. The summed E-state index contributed by atoms with van der Waals surface area (Å²) in [4.78, 5) is 0.388. The van der Waals surface area contributed by atoms with Crippen LogP contribution in [0.3, 0.4) is 0 Å². The summed E-state index contributed by atoms with van der Waals surface area (Å²) in [6, 6.07) is 10.8. The molecule has 3 aliphatic rings. The third kappa shape index (κ3) is 2.91. The molecule has 2 aliphatic carbocycles. The molecule has 3 fully saturated rings. The summed E-state index contributed by atoms with van der Waals surface area (Å²) < 4.78 is 13.6. The fraction of sp³-hybridized carbons (Fsp3) is 0.714. The molecule has 3 nitrogen and oxygen atoms in total. The molecule has 0 aromatic heterocycles. The summed E-state index contributed by atoms with van der Waals surface area (Å²) in [6.07, 6.45) is 6.38. The minimum absolute atomic E-state index is 0.0772. The molecule has 1 aromatic rings. The van der Waals surface area contributed by atoms with Gasteiger partial charge in [-0.05, 0) is 0 Å². The molecule has 1 saturated heterocycles. The zero-order chi connectivity index (χ0) is 17.5. The normalized spacial score (nSPS) is 43.5. The maximum atomic E-state index is 12.0. The Labute approximate surface area is 157 Å². The molecule has 1 N–H and O–H groups in total. The molecule has 25 heavy (non-hydrogen) atoms. The second-order valence-corrected chi connectivity index (χ2v) is 10.7. The predicted molar refractivity (Wildman–Crippen MR) is 100 cm³/mol. The van der Waals surface area contributed by atoms with Crippen LogP contribution in [0.5, 0.6) is 0 Å². The van der Waals surface area contributed by atoms with Crippen LogP contribution in [0.25, 0.3) is 0 Å². The Bertz CT molecular complexity index is 584. The number of hydrogen-bond acceptors (Lipinski definition) is 3. The first-order valence-electron chi connectivity index (χ1n) is 9.79. The van der Waals surface area contributed by atoms with Gasteiger partial charge in [-0.15, -0.1) is 0 Å².